The zero-order valence-corrected chi connectivity index (χ0v) is 17.5. The lowest BCUT2D eigenvalue weighted by Crippen LogP contribution is -2.17. The standard InChI is InChI=1S/C23H18F2N4O2S/c24-22(25)31-18-11-7-15(8-12-18)13-26-29-21(30)17-9-5-16(6-10-17)14-32-23-27-19-3-1-2-4-20(19)28-23/h1-13,22H,14H2,(H,27,28)(H,29,30)/b26-13+. The summed E-state index contributed by atoms with van der Waals surface area (Å²) in [6.45, 7) is -2.87. The number of hydrogen-bond donors (Lipinski definition) is 2. The molecule has 0 aliphatic carbocycles. The minimum absolute atomic E-state index is 0.0553. The first-order valence-electron chi connectivity index (χ1n) is 9.61. The van der Waals surface area contributed by atoms with Crippen LogP contribution in [0.15, 0.2) is 83.1 Å². The van der Waals surface area contributed by atoms with Crippen molar-refractivity contribution in [3.05, 3.63) is 89.5 Å². The third-order valence-corrected chi connectivity index (χ3v) is 5.39. The summed E-state index contributed by atoms with van der Waals surface area (Å²) in [5.74, 6) is 0.417. The van der Waals surface area contributed by atoms with Gasteiger partial charge >= 0.3 is 6.61 Å². The van der Waals surface area contributed by atoms with Crippen LogP contribution in [0.25, 0.3) is 11.0 Å². The lowest BCUT2D eigenvalue weighted by molar-refractivity contribution is -0.0498. The monoisotopic (exact) mass is 452 g/mol. The minimum atomic E-state index is -2.87. The molecule has 3 aromatic carbocycles. The maximum Gasteiger partial charge on any atom is 0.387 e. The fourth-order valence-electron chi connectivity index (χ4n) is 2.87. The number of hydrazone groups is 1. The van der Waals surface area contributed by atoms with E-state index in [0.717, 1.165) is 21.8 Å². The number of nitrogens with zero attached hydrogens (tertiary/aromatic N) is 2. The number of benzene rings is 3. The van der Waals surface area contributed by atoms with Gasteiger partial charge in [0.2, 0.25) is 0 Å². The van der Waals surface area contributed by atoms with Gasteiger partial charge in [0.05, 0.1) is 17.2 Å². The molecule has 1 aromatic heterocycles. The predicted octanol–water partition coefficient (Wildman–Crippen LogP) is 5.22. The number of carbonyl (C=O) groups excluding carboxylic acids is 1. The van der Waals surface area contributed by atoms with Gasteiger partial charge in [0.25, 0.3) is 5.91 Å². The van der Waals surface area contributed by atoms with Gasteiger partial charge in [-0.2, -0.15) is 13.9 Å². The molecule has 0 atom stereocenters. The number of aromatic amines is 1. The van der Waals surface area contributed by atoms with E-state index in [4.69, 9.17) is 0 Å². The summed E-state index contributed by atoms with van der Waals surface area (Å²) in [5, 5.41) is 4.74. The number of fused-ring (bicyclic) bond motifs is 1. The number of aromatic nitrogens is 2. The van der Waals surface area contributed by atoms with Crippen LogP contribution in [0.4, 0.5) is 8.78 Å². The van der Waals surface area contributed by atoms with Gasteiger partial charge in [-0.1, -0.05) is 36.0 Å². The summed E-state index contributed by atoms with van der Waals surface area (Å²) >= 11 is 1.59. The van der Waals surface area contributed by atoms with Gasteiger partial charge in [-0.05, 0) is 59.7 Å². The van der Waals surface area contributed by atoms with Gasteiger partial charge in [0.15, 0.2) is 5.16 Å². The van der Waals surface area contributed by atoms with E-state index >= 15 is 0 Å². The van der Waals surface area contributed by atoms with Crippen molar-refractivity contribution in [1.29, 1.82) is 0 Å². The van der Waals surface area contributed by atoms with Crippen LogP contribution < -0.4 is 10.2 Å². The Morgan fingerprint density at radius 3 is 2.56 bits per heavy atom. The number of thioether (sulfide) groups is 1. The molecule has 0 bridgehead atoms. The van der Waals surface area contributed by atoms with Crippen LogP contribution in [-0.4, -0.2) is 28.7 Å². The van der Waals surface area contributed by atoms with Crippen LogP contribution in [0.5, 0.6) is 5.75 Å². The Hall–Kier alpha value is -3.72. The lowest BCUT2D eigenvalue weighted by atomic mass is 10.1. The summed E-state index contributed by atoms with van der Waals surface area (Å²) in [4.78, 5) is 20.1. The maximum absolute atomic E-state index is 12.3. The van der Waals surface area contributed by atoms with Crippen LogP contribution in [0.1, 0.15) is 21.5 Å². The van der Waals surface area contributed by atoms with E-state index in [-0.39, 0.29) is 11.7 Å². The molecule has 4 rings (SSSR count). The van der Waals surface area contributed by atoms with Crippen molar-refractivity contribution in [2.45, 2.75) is 17.5 Å². The fourth-order valence-corrected chi connectivity index (χ4v) is 3.71. The zero-order chi connectivity index (χ0) is 22.3. The number of rotatable bonds is 8. The second-order valence-electron chi connectivity index (χ2n) is 6.69. The number of hydrogen-bond acceptors (Lipinski definition) is 5. The third-order valence-electron chi connectivity index (χ3n) is 4.44. The zero-order valence-electron chi connectivity index (χ0n) is 16.7. The van der Waals surface area contributed by atoms with Crippen molar-refractivity contribution in [3.63, 3.8) is 0 Å². The number of H-pyrrole nitrogens is 1. The SMILES string of the molecule is O=C(N/N=C/c1ccc(OC(F)F)cc1)c1ccc(CSc2nc3ccccc3[nH]2)cc1. The highest BCUT2D eigenvalue weighted by molar-refractivity contribution is 7.98. The van der Waals surface area contributed by atoms with E-state index in [1.807, 2.05) is 36.4 Å². The number of alkyl halides is 2. The highest BCUT2D eigenvalue weighted by Gasteiger charge is 2.07. The third kappa shape index (κ3) is 5.70. The Kier molecular flexibility index (Phi) is 6.76. The van der Waals surface area contributed by atoms with Gasteiger partial charge in [0, 0.05) is 11.3 Å². The average Bonchev–Trinajstić information content (AvgIpc) is 3.22. The van der Waals surface area contributed by atoms with E-state index < -0.39 is 6.61 Å². The van der Waals surface area contributed by atoms with Crippen molar-refractivity contribution in [3.8, 4) is 5.75 Å². The number of imidazole rings is 1. The molecule has 0 saturated carbocycles. The molecule has 32 heavy (non-hydrogen) atoms. The van der Waals surface area contributed by atoms with Gasteiger partial charge < -0.3 is 9.72 Å². The van der Waals surface area contributed by atoms with Crippen molar-refractivity contribution in [2.24, 2.45) is 5.10 Å². The molecule has 0 saturated heterocycles. The summed E-state index contributed by atoms with van der Waals surface area (Å²) < 4.78 is 28.6. The molecule has 0 aliphatic heterocycles. The highest BCUT2D eigenvalue weighted by Crippen LogP contribution is 2.23. The van der Waals surface area contributed by atoms with Crippen molar-refractivity contribution in [2.75, 3.05) is 0 Å². The summed E-state index contributed by atoms with van der Waals surface area (Å²) in [5.41, 5.74) is 6.54. The molecule has 0 radical (unpaired) electrons. The molecule has 0 unspecified atom stereocenters. The van der Waals surface area contributed by atoms with Crippen LogP contribution in [0, 0.1) is 0 Å². The van der Waals surface area contributed by atoms with Gasteiger partial charge in [-0.25, -0.2) is 10.4 Å². The van der Waals surface area contributed by atoms with E-state index in [1.54, 1.807) is 36.0 Å². The molecule has 162 valence electrons. The molecule has 0 spiro atoms. The number of carbonyl (C=O) groups is 1. The van der Waals surface area contributed by atoms with Crippen LogP contribution >= 0.6 is 11.8 Å². The first-order chi connectivity index (χ1) is 15.6. The van der Waals surface area contributed by atoms with Crippen LogP contribution in [0.3, 0.4) is 0 Å². The Balaban J connectivity index is 1.28. The van der Waals surface area contributed by atoms with Crippen molar-refractivity contribution >= 4 is 34.9 Å². The average molecular weight is 452 g/mol. The maximum atomic E-state index is 12.3. The molecule has 0 fully saturated rings. The first kappa shape index (κ1) is 21.5. The van der Waals surface area contributed by atoms with E-state index in [1.165, 1.54) is 18.3 Å². The topological polar surface area (TPSA) is 79.4 Å². The van der Waals surface area contributed by atoms with E-state index in [9.17, 15) is 13.6 Å². The van der Waals surface area contributed by atoms with Gasteiger partial charge in [-0.3, -0.25) is 4.79 Å². The Morgan fingerprint density at radius 2 is 1.84 bits per heavy atom. The Labute approximate surface area is 186 Å². The summed E-state index contributed by atoms with van der Waals surface area (Å²) in [6.07, 6.45) is 1.42. The van der Waals surface area contributed by atoms with Gasteiger partial charge in [-0.15, -0.1) is 0 Å². The predicted molar refractivity (Wildman–Crippen MR) is 120 cm³/mol. The Bertz CT molecular complexity index is 1190. The highest BCUT2D eigenvalue weighted by atomic mass is 32.2. The van der Waals surface area contributed by atoms with Crippen molar-refractivity contribution < 1.29 is 18.3 Å². The second kappa shape index (κ2) is 10.1. The van der Waals surface area contributed by atoms with E-state index in [2.05, 4.69) is 25.2 Å². The van der Waals surface area contributed by atoms with Crippen LogP contribution in [0.2, 0.25) is 0 Å². The molecular weight excluding hydrogens is 434 g/mol. The summed E-state index contributed by atoms with van der Waals surface area (Å²) in [7, 11) is 0. The molecule has 0 aliphatic rings. The number of ether oxygens (including phenoxy) is 1. The van der Waals surface area contributed by atoms with Crippen molar-refractivity contribution in [1.82, 2.24) is 15.4 Å². The number of amides is 1. The number of nitrogens with one attached hydrogen (secondary N) is 2. The lowest BCUT2D eigenvalue weighted by Gasteiger charge is -2.04. The quantitative estimate of drug-likeness (QED) is 0.218. The minimum Gasteiger partial charge on any atom is -0.435 e. The smallest absolute Gasteiger partial charge is 0.387 e. The summed E-state index contributed by atoms with van der Waals surface area (Å²) in [6, 6.07) is 21.0. The second-order valence-corrected chi connectivity index (χ2v) is 7.66. The number of para-hydroxylation sites is 2. The molecule has 6 nitrogen and oxygen atoms in total. The molecular formula is C23H18F2N4O2S. The molecule has 4 aromatic rings. The Morgan fingerprint density at radius 1 is 1.09 bits per heavy atom. The normalized spacial score (nSPS) is 11.3. The van der Waals surface area contributed by atoms with E-state index in [0.29, 0.717) is 16.9 Å². The molecule has 9 heteroatoms. The number of halogens is 2. The molecule has 2 N–H and O–H groups in total. The molecule has 1 heterocycles. The molecule has 1 amide bonds. The van der Waals surface area contributed by atoms with Gasteiger partial charge in [0.1, 0.15) is 5.75 Å². The largest absolute Gasteiger partial charge is 0.435 e. The first-order valence-corrected chi connectivity index (χ1v) is 10.6. The fraction of sp³-hybridized carbons (Fsp3) is 0.0870. The van der Waals surface area contributed by atoms with Crippen LogP contribution in [-0.2, 0) is 5.75 Å².